The fourth-order valence-electron chi connectivity index (χ4n) is 2.51. The van der Waals surface area contributed by atoms with E-state index in [2.05, 4.69) is 49.0 Å². The van der Waals surface area contributed by atoms with Crippen LogP contribution in [0.1, 0.15) is 63.3 Å². The van der Waals surface area contributed by atoms with Crippen LogP contribution in [0, 0.1) is 0 Å². The number of aromatic nitrogens is 1. The van der Waals surface area contributed by atoms with Gasteiger partial charge in [-0.05, 0) is 56.8 Å². The van der Waals surface area contributed by atoms with Crippen molar-refractivity contribution in [3.05, 3.63) is 29.6 Å². The molecule has 2 rings (SSSR count). The molecule has 2 heterocycles. The SMILES string of the molecule is CCC(C)c1ccc(C(C)N2CCCC2)nc1. The van der Waals surface area contributed by atoms with Crippen LogP contribution < -0.4 is 0 Å². The number of likely N-dealkylation sites (tertiary alicyclic amines) is 1. The Hall–Kier alpha value is -0.890. The van der Waals surface area contributed by atoms with Gasteiger partial charge in [0, 0.05) is 12.2 Å². The molecule has 17 heavy (non-hydrogen) atoms. The Morgan fingerprint density at radius 1 is 1.24 bits per heavy atom. The fourth-order valence-corrected chi connectivity index (χ4v) is 2.51. The molecule has 0 bridgehead atoms. The van der Waals surface area contributed by atoms with E-state index in [1.807, 2.05) is 0 Å². The van der Waals surface area contributed by atoms with E-state index >= 15 is 0 Å². The topological polar surface area (TPSA) is 16.1 Å². The monoisotopic (exact) mass is 232 g/mol. The van der Waals surface area contributed by atoms with Crippen LogP contribution in [0.15, 0.2) is 18.3 Å². The number of rotatable bonds is 4. The normalized spacial score (nSPS) is 20.4. The van der Waals surface area contributed by atoms with Crippen molar-refractivity contribution in [1.29, 1.82) is 0 Å². The van der Waals surface area contributed by atoms with E-state index in [9.17, 15) is 0 Å². The van der Waals surface area contributed by atoms with Crippen molar-refractivity contribution in [3.63, 3.8) is 0 Å². The maximum atomic E-state index is 4.65. The number of nitrogens with zero attached hydrogens (tertiary/aromatic N) is 2. The van der Waals surface area contributed by atoms with E-state index in [4.69, 9.17) is 0 Å². The van der Waals surface area contributed by atoms with Crippen molar-refractivity contribution in [2.24, 2.45) is 0 Å². The van der Waals surface area contributed by atoms with Gasteiger partial charge in [0.25, 0.3) is 0 Å². The van der Waals surface area contributed by atoms with Crippen LogP contribution in [0.5, 0.6) is 0 Å². The van der Waals surface area contributed by atoms with E-state index in [1.54, 1.807) is 0 Å². The van der Waals surface area contributed by atoms with Gasteiger partial charge in [0.2, 0.25) is 0 Å². The van der Waals surface area contributed by atoms with Crippen molar-refractivity contribution in [2.45, 2.75) is 52.0 Å². The maximum Gasteiger partial charge on any atom is 0.0572 e. The van der Waals surface area contributed by atoms with Crippen LogP contribution in [-0.4, -0.2) is 23.0 Å². The summed E-state index contributed by atoms with van der Waals surface area (Å²) in [4.78, 5) is 7.18. The first-order valence-electron chi connectivity index (χ1n) is 6.92. The molecule has 0 aromatic carbocycles. The van der Waals surface area contributed by atoms with E-state index < -0.39 is 0 Å². The van der Waals surface area contributed by atoms with Gasteiger partial charge in [0.15, 0.2) is 0 Å². The van der Waals surface area contributed by atoms with Gasteiger partial charge < -0.3 is 0 Å². The summed E-state index contributed by atoms with van der Waals surface area (Å²) < 4.78 is 0. The molecule has 0 amide bonds. The lowest BCUT2D eigenvalue weighted by Gasteiger charge is -2.23. The lowest BCUT2D eigenvalue weighted by Crippen LogP contribution is -2.23. The molecule has 2 unspecified atom stereocenters. The van der Waals surface area contributed by atoms with Crippen LogP contribution in [0.25, 0.3) is 0 Å². The first kappa shape index (κ1) is 12.6. The Bertz CT molecular complexity index is 338. The van der Waals surface area contributed by atoms with E-state index in [1.165, 1.54) is 43.6 Å². The Morgan fingerprint density at radius 2 is 1.94 bits per heavy atom. The highest BCUT2D eigenvalue weighted by Gasteiger charge is 2.20. The van der Waals surface area contributed by atoms with Crippen molar-refractivity contribution in [3.8, 4) is 0 Å². The predicted molar refractivity (Wildman–Crippen MR) is 72.2 cm³/mol. The molecule has 1 saturated heterocycles. The van der Waals surface area contributed by atoms with Crippen LogP contribution in [0.2, 0.25) is 0 Å². The number of hydrogen-bond donors (Lipinski definition) is 0. The number of hydrogen-bond acceptors (Lipinski definition) is 2. The summed E-state index contributed by atoms with van der Waals surface area (Å²) in [7, 11) is 0. The highest BCUT2D eigenvalue weighted by Crippen LogP contribution is 2.24. The Morgan fingerprint density at radius 3 is 2.47 bits per heavy atom. The molecule has 1 aromatic heterocycles. The quantitative estimate of drug-likeness (QED) is 0.786. The van der Waals surface area contributed by atoms with E-state index in [-0.39, 0.29) is 0 Å². The van der Waals surface area contributed by atoms with Gasteiger partial charge >= 0.3 is 0 Å². The van der Waals surface area contributed by atoms with Gasteiger partial charge in [-0.15, -0.1) is 0 Å². The van der Waals surface area contributed by atoms with Crippen LogP contribution in [0.3, 0.4) is 0 Å². The maximum absolute atomic E-state index is 4.65. The minimum atomic E-state index is 0.475. The summed E-state index contributed by atoms with van der Waals surface area (Å²) in [6, 6.07) is 4.94. The van der Waals surface area contributed by atoms with Crippen molar-refractivity contribution < 1.29 is 0 Å². The van der Waals surface area contributed by atoms with Crippen molar-refractivity contribution in [1.82, 2.24) is 9.88 Å². The van der Waals surface area contributed by atoms with Crippen molar-refractivity contribution in [2.75, 3.05) is 13.1 Å². The zero-order chi connectivity index (χ0) is 12.3. The second kappa shape index (κ2) is 5.63. The Balaban J connectivity index is 2.06. The molecule has 0 aliphatic carbocycles. The smallest absolute Gasteiger partial charge is 0.0572 e. The second-order valence-corrected chi connectivity index (χ2v) is 5.24. The third-order valence-corrected chi connectivity index (χ3v) is 4.11. The zero-order valence-electron chi connectivity index (χ0n) is 11.3. The molecule has 1 fully saturated rings. The average Bonchev–Trinajstić information content (AvgIpc) is 2.91. The van der Waals surface area contributed by atoms with Gasteiger partial charge in [0.05, 0.1) is 5.69 Å². The molecular weight excluding hydrogens is 208 g/mol. The van der Waals surface area contributed by atoms with Gasteiger partial charge in [-0.25, -0.2) is 0 Å². The van der Waals surface area contributed by atoms with Gasteiger partial charge in [-0.2, -0.15) is 0 Å². The number of pyridine rings is 1. The summed E-state index contributed by atoms with van der Waals surface area (Å²) in [6.07, 6.45) is 5.93. The molecule has 0 N–H and O–H groups in total. The molecule has 0 saturated carbocycles. The van der Waals surface area contributed by atoms with E-state index in [0.717, 1.165) is 0 Å². The second-order valence-electron chi connectivity index (χ2n) is 5.24. The minimum Gasteiger partial charge on any atom is -0.295 e. The fraction of sp³-hybridized carbons (Fsp3) is 0.667. The molecule has 1 aliphatic rings. The van der Waals surface area contributed by atoms with Gasteiger partial charge in [-0.3, -0.25) is 9.88 Å². The molecule has 2 atom stereocenters. The highest BCUT2D eigenvalue weighted by molar-refractivity contribution is 5.19. The Labute approximate surface area is 105 Å². The van der Waals surface area contributed by atoms with Gasteiger partial charge in [0.1, 0.15) is 0 Å². The molecule has 94 valence electrons. The average molecular weight is 232 g/mol. The highest BCUT2D eigenvalue weighted by atomic mass is 15.2. The molecular formula is C15H24N2. The molecule has 1 aromatic rings. The first-order valence-corrected chi connectivity index (χ1v) is 6.92. The lowest BCUT2D eigenvalue weighted by atomic mass is 10.00. The first-order chi connectivity index (χ1) is 8.22. The third kappa shape index (κ3) is 2.86. The summed E-state index contributed by atoms with van der Waals surface area (Å²) in [5.41, 5.74) is 2.59. The largest absolute Gasteiger partial charge is 0.295 e. The van der Waals surface area contributed by atoms with Crippen LogP contribution >= 0.6 is 0 Å². The van der Waals surface area contributed by atoms with Crippen molar-refractivity contribution >= 4 is 0 Å². The standard InChI is InChI=1S/C15H24N2/c1-4-12(2)14-7-8-15(16-11-14)13(3)17-9-5-6-10-17/h7-8,11-13H,4-6,9-10H2,1-3H3. The summed E-state index contributed by atoms with van der Waals surface area (Å²) in [6.45, 7) is 9.23. The van der Waals surface area contributed by atoms with Gasteiger partial charge in [-0.1, -0.05) is 19.9 Å². The third-order valence-electron chi connectivity index (χ3n) is 4.11. The molecule has 0 radical (unpaired) electrons. The minimum absolute atomic E-state index is 0.475. The zero-order valence-corrected chi connectivity index (χ0v) is 11.3. The molecule has 2 nitrogen and oxygen atoms in total. The summed E-state index contributed by atoms with van der Waals surface area (Å²) in [5.74, 6) is 0.624. The van der Waals surface area contributed by atoms with Crippen LogP contribution in [-0.2, 0) is 0 Å². The summed E-state index contributed by atoms with van der Waals surface area (Å²) in [5, 5.41) is 0. The predicted octanol–water partition coefficient (Wildman–Crippen LogP) is 3.75. The van der Waals surface area contributed by atoms with E-state index in [0.29, 0.717) is 12.0 Å². The molecule has 2 heteroatoms. The molecule has 1 aliphatic heterocycles. The van der Waals surface area contributed by atoms with Crippen LogP contribution in [0.4, 0.5) is 0 Å². The molecule has 0 spiro atoms. The summed E-state index contributed by atoms with van der Waals surface area (Å²) >= 11 is 0. The lowest BCUT2D eigenvalue weighted by molar-refractivity contribution is 0.258. The Kier molecular flexibility index (Phi) is 4.16.